The summed E-state index contributed by atoms with van der Waals surface area (Å²) < 4.78 is 41.7. The second-order valence-electron chi connectivity index (χ2n) is 7.94. The Balaban J connectivity index is 2.41. The Labute approximate surface area is 161 Å². The first-order chi connectivity index (χ1) is 12.5. The summed E-state index contributed by atoms with van der Waals surface area (Å²) in [4.78, 5) is 12.1. The van der Waals surface area contributed by atoms with Crippen molar-refractivity contribution < 1.29 is 22.7 Å². The normalized spacial score (nSPS) is 12.3. The summed E-state index contributed by atoms with van der Waals surface area (Å²) in [5.74, 6) is -0.315. The van der Waals surface area contributed by atoms with Crippen LogP contribution in [-0.4, -0.2) is 40.4 Å². The Morgan fingerprint density at radius 3 is 2.04 bits per heavy atom. The number of rotatable bonds is 11. The number of carbonyl (C=O) groups excluding carboxylic acids is 1. The Bertz CT molecular complexity index is 592. The molecule has 0 atom stereocenters. The van der Waals surface area contributed by atoms with Crippen molar-refractivity contribution >= 4 is 11.7 Å². The number of nitrogens with zero attached hydrogens (tertiary/aromatic N) is 1. The molecule has 0 aliphatic rings. The van der Waals surface area contributed by atoms with Gasteiger partial charge in [0.1, 0.15) is 5.69 Å². The van der Waals surface area contributed by atoms with Gasteiger partial charge in [-0.25, -0.2) is 4.79 Å². The average Bonchev–Trinajstić information content (AvgIpc) is 2.57. The van der Waals surface area contributed by atoms with Gasteiger partial charge in [0.05, 0.1) is 33.8 Å². The molecule has 3 nitrogen and oxygen atoms in total. The fourth-order valence-corrected chi connectivity index (χ4v) is 3.02. The zero-order valence-electron chi connectivity index (χ0n) is 17.0. The molecule has 0 bridgehead atoms. The molecule has 0 aliphatic carbocycles. The Kier molecular flexibility index (Phi) is 9.30. The lowest BCUT2D eigenvalue weighted by Gasteiger charge is -2.24. The van der Waals surface area contributed by atoms with Crippen LogP contribution in [0.2, 0.25) is 0 Å². The van der Waals surface area contributed by atoms with Gasteiger partial charge in [-0.1, -0.05) is 38.2 Å². The molecule has 0 saturated carbocycles. The van der Waals surface area contributed by atoms with Crippen molar-refractivity contribution in [3.8, 4) is 0 Å². The summed E-state index contributed by atoms with van der Waals surface area (Å²) in [6.07, 6.45) is 1.75. The van der Waals surface area contributed by atoms with Gasteiger partial charge in [0, 0.05) is 12.5 Å². The van der Waals surface area contributed by atoms with Gasteiger partial charge in [0.15, 0.2) is 0 Å². The van der Waals surface area contributed by atoms with Crippen molar-refractivity contribution in [2.45, 2.75) is 64.0 Å². The van der Waals surface area contributed by atoms with Crippen molar-refractivity contribution in [1.29, 1.82) is 0 Å². The lowest BCUT2D eigenvalue weighted by atomic mass is 9.99. The van der Waals surface area contributed by atoms with Crippen LogP contribution < -0.4 is 4.48 Å². The van der Waals surface area contributed by atoms with Crippen molar-refractivity contribution in [3.63, 3.8) is 0 Å². The number of quaternary nitrogens is 1. The summed E-state index contributed by atoms with van der Waals surface area (Å²) in [5, 5.41) is 0. The first kappa shape index (κ1) is 23.5. The van der Waals surface area contributed by atoms with Crippen LogP contribution >= 0.6 is 0 Å². The summed E-state index contributed by atoms with van der Waals surface area (Å²) in [6.45, 7) is 0. The molecule has 0 N–H and O–H groups in total. The molecular weight excluding hydrogens is 355 g/mol. The van der Waals surface area contributed by atoms with Gasteiger partial charge in [-0.3, -0.25) is 4.48 Å². The molecule has 1 aromatic rings. The fourth-order valence-electron chi connectivity index (χ4n) is 3.02. The number of methoxy groups -OCH3 is 1. The van der Waals surface area contributed by atoms with Crippen LogP contribution in [0.3, 0.4) is 0 Å². The van der Waals surface area contributed by atoms with Crippen LogP contribution in [0.15, 0.2) is 18.2 Å². The largest absolute Gasteiger partial charge is 0.465 e. The van der Waals surface area contributed by atoms with Crippen molar-refractivity contribution in [2.24, 2.45) is 0 Å². The number of halogens is 3. The highest BCUT2D eigenvalue weighted by Crippen LogP contribution is 2.25. The zero-order chi connectivity index (χ0) is 20.5. The zero-order valence-corrected chi connectivity index (χ0v) is 17.0. The Hall–Kier alpha value is -1.56. The van der Waals surface area contributed by atoms with E-state index in [0.717, 1.165) is 49.8 Å². The van der Waals surface area contributed by atoms with Crippen LogP contribution in [-0.2, 0) is 11.2 Å². The number of esters is 1. The van der Waals surface area contributed by atoms with E-state index < -0.39 is 12.6 Å². The minimum atomic E-state index is -4.03. The highest BCUT2D eigenvalue weighted by atomic mass is 19.4. The van der Waals surface area contributed by atoms with Crippen LogP contribution in [0.1, 0.15) is 67.3 Å². The molecule has 0 heterocycles. The maximum absolute atomic E-state index is 12.1. The predicted octanol–water partition coefficient (Wildman–Crippen LogP) is 5.90. The lowest BCUT2D eigenvalue weighted by molar-refractivity contribution is -0.135. The first-order valence-corrected chi connectivity index (χ1v) is 9.64. The van der Waals surface area contributed by atoms with Crippen LogP contribution in [0.5, 0.6) is 0 Å². The third-order valence-electron chi connectivity index (χ3n) is 4.68. The molecule has 1 rings (SSSR count). The predicted molar refractivity (Wildman–Crippen MR) is 104 cm³/mol. The molecule has 0 radical (unpaired) electrons. The second-order valence-corrected chi connectivity index (χ2v) is 7.94. The molecule has 1 aromatic carbocycles. The monoisotopic (exact) mass is 388 g/mol. The van der Waals surface area contributed by atoms with Gasteiger partial charge in [0.2, 0.25) is 0 Å². The van der Waals surface area contributed by atoms with E-state index in [2.05, 4.69) is 0 Å². The van der Waals surface area contributed by atoms with E-state index in [1.807, 2.05) is 39.3 Å². The minimum absolute atomic E-state index is 0.227. The number of aryl methyl sites for hydroxylation is 1. The lowest BCUT2D eigenvalue weighted by Crippen LogP contribution is -2.35. The molecule has 0 amide bonds. The number of benzene rings is 1. The highest BCUT2D eigenvalue weighted by Gasteiger charge is 2.25. The highest BCUT2D eigenvalue weighted by molar-refractivity contribution is 5.92. The SMILES string of the molecule is COC(=O)c1cc([N+](C)(C)C)ccc1CCCCCCCCCC(F)(F)F. The van der Waals surface area contributed by atoms with E-state index in [1.54, 1.807) is 0 Å². The molecule has 0 aromatic heterocycles. The number of unbranched alkanes of at least 4 members (excludes halogenated alkanes) is 6. The van der Waals surface area contributed by atoms with E-state index in [1.165, 1.54) is 7.11 Å². The molecule has 154 valence electrons. The second kappa shape index (κ2) is 10.7. The third-order valence-corrected chi connectivity index (χ3v) is 4.68. The summed E-state index contributed by atoms with van der Waals surface area (Å²) in [6, 6.07) is 5.95. The maximum atomic E-state index is 12.1. The summed E-state index contributed by atoms with van der Waals surface area (Å²) in [7, 11) is 7.53. The van der Waals surface area contributed by atoms with Crippen LogP contribution in [0.4, 0.5) is 18.9 Å². The number of hydrogen-bond donors (Lipinski definition) is 0. The summed E-state index contributed by atoms with van der Waals surface area (Å²) >= 11 is 0. The molecule has 6 heteroatoms. The van der Waals surface area contributed by atoms with E-state index in [0.29, 0.717) is 16.5 Å². The van der Waals surface area contributed by atoms with Crippen molar-refractivity contribution in [3.05, 3.63) is 29.3 Å². The third kappa shape index (κ3) is 9.27. The van der Waals surface area contributed by atoms with Crippen molar-refractivity contribution in [1.82, 2.24) is 4.48 Å². The fraction of sp³-hybridized carbons (Fsp3) is 0.667. The molecule has 0 fully saturated rings. The van der Waals surface area contributed by atoms with Gasteiger partial charge in [-0.15, -0.1) is 0 Å². The van der Waals surface area contributed by atoms with E-state index in [9.17, 15) is 18.0 Å². The van der Waals surface area contributed by atoms with Crippen LogP contribution in [0.25, 0.3) is 0 Å². The van der Waals surface area contributed by atoms with E-state index in [4.69, 9.17) is 4.74 Å². The number of carbonyl (C=O) groups is 1. The smallest absolute Gasteiger partial charge is 0.389 e. The molecule has 0 unspecified atom stereocenters. The van der Waals surface area contributed by atoms with Gasteiger partial charge >= 0.3 is 12.1 Å². The van der Waals surface area contributed by atoms with Gasteiger partial charge in [0.25, 0.3) is 0 Å². The minimum Gasteiger partial charge on any atom is -0.465 e. The van der Waals surface area contributed by atoms with Gasteiger partial charge < -0.3 is 4.74 Å². The van der Waals surface area contributed by atoms with Gasteiger partial charge in [-0.05, 0) is 30.9 Å². The molecule has 0 aliphatic heterocycles. The van der Waals surface area contributed by atoms with Crippen molar-refractivity contribution in [2.75, 3.05) is 28.3 Å². The topological polar surface area (TPSA) is 26.3 Å². The van der Waals surface area contributed by atoms with E-state index >= 15 is 0 Å². The molecule has 0 spiro atoms. The number of ether oxygens (including phenoxy) is 1. The maximum Gasteiger partial charge on any atom is 0.389 e. The number of alkyl halides is 3. The molecular formula is C21H33F3NO2+. The standard InChI is InChI=1S/C21H33F3NO2/c1-25(2,3)18-14-13-17(19(16-18)20(26)27-4)12-10-8-6-5-7-9-11-15-21(22,23)24/h13-14,16H,5-12,15H2,1-4H3/q+1. The quantitative estimate of drug-likeness (QED) is 0.268. The Morgan fingerprint density at radius 2 is 1.52 bits per heavy atom. The molecule has 0 saturated heterocycles. The Morgan fingerprint density at radius 1 is 0.963 bits per heavy atom. The van der Waals surface area contributed by atoms with Gasteiger partial charge in [-0.2, -0.15) is 13.2 Å². The van der Waals surface area contributed by atoms with E-state index in [-0.39, 0.29) is 12.4 Å². The van der Waals surface area contributed by atoms with Crippen LogP contribution in [0, 0.1) is 0 Å². The average molecular weight is 388 g/mol. The number of hydrogen-bond acceptors (Lipinski definition) is 2. The first-order valence-electron chi connectivity index (χ1n) is 9.64. The summed E-state index contributed by atoms with van der Waals surface area (Å²) in [5.41, 5.74) is 2.65. The molecule has 27 heavy (non-hydrogen) atoms.